The van der Waals surface area contributed by atoms with Gasteiger partial charge in [-0.25, -0.2) is 0 Å². The van der Waals surface area contributed by atoms with Crippen molar-refractivity contribution in [1.82, 2.24) is 20.1 Å². The summed E-state index contributed by atoms with van der Waals surface area (Å²) in [6.45, 7) is 5.39. The molecular weight excluding hydrogens is 424 g/mol. The molecule has 0 aliphatic rings. The fourth-order valence-electron chi connectivity index (χ4n) is 3.21. The smallest absolute Gasteiger partial charge is 0.251 e. The highest BCUT2D eigenvalue weighted by Crippen LogP contribution is 2.23. The van der Waals surface area contributed by atoms with E-state index in [9.17, 15) is 4.79 Å². The van der Waals surface area contributed by atoms with Crippen LogP contribution in [0.2, 0.25) is 0 Å². The highest BCUT2D eigenvalue weighted by atomic mass is 32.2. The first-order valence-corrected chi connectivity index (χ1v) is 11.6. The lowest BCUT2D eigenvalue weighted by Gasteiger charge is -2.13. The molecular formula is C24H30N4O3S. The van der Waals surface area contributed by atoms with E-state index in [0.717, 1.165) is 29.7 Å². The lowest BCUT2D eigenvalue weighted by molar-refractivity contribution is 0.0948. The average molecular weight is 455 g/mol. The zero-order valence-electron chi connectivity index (χ0n) is 19.0. The molecule has 0 saturated carbocycles. The maximum absolute atomic E-state index is 12.7. The molecule has 0 aliphatic carbocycles. The summed E-state index contributed by atoms with van der Waals surface area (Å²) in [5, 5.41) is 12.6. The zero-order valence-corrected chi connectivity index (χ0v) is 19.8. The van der Waals surface area contributed by atoms with Crippen LogP contribution in [0.1, 0.15) is 35.6 Å². The lowest BCUT2D eigenvalue weighted by atomic mass is 10.2. The van der Waals surface area contributed by atoms with Gasteiger partial charge in [-0.1, -0.05) is 55.9 Å². The van der Waals surface area contributed by atoms with Crippen molar-refractivity contribution in [1.29, 1.82) is 0 Å². The molecule has 3 rings (SSSR count). The second-order valence-corrected chi connectivity index (χ2v) is 8.83. The van der Waals surface area contributed by atoms with Crippen LogP contribution in [0, 0.1) is 5.92 Å². The zero-order chi connectivity index (χ0) is 22.9. The van der Waals surface area contributed by atoms with Gasteiger partial charge >= 0.3 is 0 Å². The molecule has 0 fully saturated rings. The molecule has 0 bridgehead atoms. The number of thioether (sulfide) groups is 1. The van der Waals surface area contributed by atoms with Crippen molar-refractivity contribution in [2.24, 2.45) is 5.92 Å². The van der Waals surface area contributed by atoms with Crippen molar-refractivity contribution < 1.29 is 14.3 Å². The summed E-state index contributed by atoms with van der Waals surface area (Å²) >= 11 is 1.69. The molecule has 0 spiro atoms. The van der Waals surface area contributed by atoms with Gasteiger partial charge in [0.1, 0.15) is 11.5 Å². The van der Waals surface area contributed by atoms with Crippen LogP contribution in [-0.4, -0.2) is 40.6 Å². The minimum Gasteiger partial charge on any atom is -0.497 e. The van der Waals surface area contributed by atoms with E-state index in [1.807, 2.05) is 6.07 Å². The summed E-state index contributed by atoms with van der Waals surface area (Å²) in [5.41, 5.74) is 1.77. The summed E-state index contributed by atoms with van der Waals surface area (Å²) in [5.74, 6) is 2.99. The van der Waals surface area contributed by atoms with E-state index < -0.39 is 0 Å². The number of benzene rings is 2. The molecule has 1 N–H and O–H groups in total. The van der Waals surface area contributed by atoms with Crippen LogP contribution in [0.25, 0.3) is 0 Å². The first kappa shape index (κ1) is 23.7. The van der Waals surface area contributed by atoms with Crippen molar-refractivity contribution in [3.63, 3.8) is 0 Å². The number of aryl methyl sites for hydroxylation is 1. The molecule has 2 aromatic carbocycles. The molecule has 1 amide bonds. The topological polar surface area (TPSA) is 78.3 Å². The second kappa shape index (κ2) is 11.6. The summed E-state index contributed by atoms with van der Waals surface area (Å²) in [4.78, 5) is 12.7. The molecule has 1 heterocycles. The van der Waals surface area contributed by atoms with Crippen molar-refractivity contribution in [2.75, 3.05) is 20.0 Å². The third-order valence-electron chi connectivity index (χ3n) is 4.83. The van der Waals surface area contributed by atoms with Gasteiger partial charge in [0, 0.05) is 23.9 Å². The molecule has 32 heavy (non-hydrogen) atoms. The Morgan fingerprint density at radius 3 is 2.38 bits per heavy atom. The minimum absolute atomic E-state index is 0.223. The predicted molar refractivity (Wildman–Crippen MR) is 126 cm³/mol. The van der Waals surface area contributed by atoms with Gasteiger partial charge in [0.25, 0.3) is 5.91 Å². The Morgan fingerprint density at radius 2 is 1.75 bits per heavy atom. The molecule has 0 radical (unpaired) electrons. The van der Waals surface area contributed by atoms with E-state index in [1.165, 1.54) is 5.56 Å². The maximum Gasteiger partial charge on any atom is 0.251 e. The van der Waals surface area contributed by atoms with Crippen LogP contribution in [-0.2, 0) is 19.5 Å². The second-order valence-electron chi connectivity index (χ2n) is 7.77. The van der Waals surface area contributed by atoms with Crippen LogP contribution in [0.15, 0.2) is 53.7 Å². The number of hydrogen-bond donors (Lipinski definition) is 1. The van der Waals surface area contributed by atoms with Crippen molar-refractivity contribution in [3.8, 4) is 11.5 Å². The lowest BCUT2D eigenvalue weighted by Crippen LogP contribution is -2.25. The van der Waals surface area contributed by atoms with E-state index >= 15 is 0 Å². The Labute approximate surface area is 193 Å². The summed E-state index contributed by atoms with van der Waals surface area (Å²) < 4.78 is 12.6. The molecule has 0 unspecified atom stereocenters. The van der Waals surface area contributed by atoms with Crippen molar-refractivity contribution in [2.45, 2.75) is 38.5 Å². The number of hydrogen-bond acceptors (Lipinski definition) is 6. The first-order valence-electron chi connectivity index (χ1n) is 10.6. The highest BCUT2D eigenvalue weighted by molar-refractivity contribution is 7.99. The quantitative estimate of drug-likeness (QED) is 0.437. The number of ether oxygens (including phenoxy) is 2. The number of rotatable bonds is 11. The van der Waals surface area contributed by atoms with E-state index in [2.05, 4.69) is 58.2 Å². The van der Waals surface area contributed by atoms with Crippen LogP contribution in [0.5, 0.6) is 11.5 Å². The van der Waals surface area contributed by atoms with Gasteiger partial charge in [0.15, 0.2) is 11.0 Å². The number of carbonyl (C=O) groups is 1. The Kier molecular flexibility index (Phi) is 8.56. The normalized spacial score (nSPS) is 10.9. The maximum atomic E-state index is 12.7. The number of nitrogens with zero attached hydrogens (tertiary/aromatic N) is 3. The van der Waals surface area contributed by atoms with E-state index in [-0.39, 0.29) is 12.5 Å². The number of amides is 1. The third-order valence-corrected chi connectivity index (χ3v) is 5.80. The number of carbonyl (C=O) groups excluding carboxylic acids is 1. The minimum atomic E-state index is -0.223. The van der Waals surface area contributed by atoms with Gasteiger partial charge in [-0.05, 0) is 30.0 Å². The van der Waals surface area contributed by atoms with Gasteiger partial charge in [-0.2, -0.15) is 0 Å². The van der Waals surface area contributed by atoms with Crippen molar-refractivity contribution >= 4 is 17.7 Å². The summed E-state index contributed by atoms with van der Waals surface area (Å²) in [6.07, 6.45) is 0.962. The molecule has 8 heteroatoms. The number of aromatic nitrogens is 3. The van der Waals surface area contributed by atoms with Gasteiger partial charge < -0.3 is 19.4 Å². The molecule has 1 aromatic heterocycles. The Bertz CT molecular complexity index is 999. The SMILES string of the molecule is COc1cc(OC)cc(C(=O)NCc2nnc(SCCc3ccccc3)n2CC(C)C)c1. The monoisotopic (exact) mass is 454 g/mol. The number of nitrogens with one attached hydrogen (secondary N) is 1. The molecule has 7 nitrogen and oxygen atoms in total. The number of methoxy groups -OCH3 is 2. The van der Waals surface area contributed by atoms with Gasteiger partial charge in [0.05, 0.1) is 20.8 Å². The fraction of sp³-hybridized carbons (Fsp3) is 0.375. The van der Waals surface area contributed by atoms with Gasteiger partial charge in [-0.15, -0.1) is 10.2 Å². The van der Waals surface area contributed by atoms with E-state index in [0.29, 0.717) is 23.0 Å². The standard InChI is InChI=1S/C24H30N4O3S/c1-17(2)16-28-22(26-27-24(28)32-11-10-18-8-6-5-7-9-18)15-25-23(29)19-12-20(30-3)14-21(13-19)31-4/h5-9,12-14,17H,10-11,15-16H2,1-4H3,(H,25,29). The van der Waals surface area contributed by atoms with Gasteiger partial charge in [0.2, 0.25) is 0 Å². The van der Waals surface area contributed by atoms with Crippen LogP contribution in [0.3, 0.4) is 0 Å². The third kappa shape index (κ3) is 6.50. The molecule has 0 saturated heterocycles. The Morgan fingerprint density at radius 1 is 1.06 bits per heavy atom. The predicted octanol–water partition coefficient (Wildman–Crippen LogP) is 4.22. The van der Waals surface area contributed by atoms with Crippen LogP contribution in [0.4, 0.5) is 0 Å². The van der Waals surface area contributed by atoms with Crippen LogP contribution >= 0.6 is 11.8 Å². The fourth-order valence-corrected chi connectivity index (χ4v) is 4.16. The van der Waals surface area contributed by atoms with Crippen molar-refractivity contribution in [3.05, 3.63) is 65.5 Å². The highest BCUT2D eigenvalue weighted by Gasteiger charge is 2.16. The molecule has 0 aliphatic heterocycles. The summed E-state index contributed by atoms with van der Waals surface area (Å²) in [6, 6.07) is 15.5. The molecule has 0 atom stereocenters. The van der Waals surface area contributed by atoms with Crippen LogP contribution < -0.4 is 14.8 Å². The first-order chi connectivity index (χ1) is 15.5. The van der Waals surface area contributed by atoms with E-state index in [4.69, 9.17) is 9.47 Å². The Balaban J connectivity index is 1.67. The average Bonchev–Trinajstić information content (AvgIpc) is 3.18. The largest absolute Gasteiger partial charge is 0.497 e. The van der Waals surface area contributed by atoms with E-state index in [1.54, 1.807) is 44.2 Å². The molecule has 170 valence electrons. The molecule has 3 aromatic rings. The van der Waals surface area contributed by atoms with Gasteiger partial charge in [-0.3, -0.25) is 4.79 Å². The summed E-state index contributed by atoms with van der Waals surface area (Å²) in [7, 11) is 3.11. The Hall–Kier alpha value is -3.00.